The number of thioether (sulfide) groups is 1. The van der Waals surface area contributed by atoms with Crippen molar-refractivity contribution in [2.24, 2.45) is 0 Å². The first-order valence-corrected chi connectivity index (χ1v) is 8.20. The molecule has 0 unspecified atom stereocenters. The fraction of sp³-hybridized carbons (Fsp3) is 0.118. The van der Waals surface area contributed by atoms with Crippen molar-refractivity contribution < 1.29 is 15.0 Å². The molecule has 0 spiro atoms. The van der Waals surface area contributed by atoms with Gasteiger partial charge in [0.1, 0.15) is 5.75 Å². The summed E-state index contributed by atoms with van der Waals surface area (Å²) >= 11 is 1.12. The molecule has 3 aromatic rings. The van der Waals surface area contributed by atoms with Crippen LogP contribution in [0.1, 0.15) is 5.56 Å². The third kappa shape index (κ3) is 3.26. The lowest BCUT2D eigenvalue weighted by atomic mass is 10.1. The van der Waals surface area contributed by atoms with Crippen LogP contribution in [0.2, 0.25) is 0 Å². The zero-order valence-electron chi connectivity index (χ0n) is 12.9. The molecule has 0 saturated heterocycles. The van der Waals surface area contributed by atoms with Gasteiger partial charge in [0.2, 0.25) is 0 Å². The van der Waals surface area contributed by atoms with Gasteiger partial charge in [0, 0.05) is 5.56 Å². The van der Waals surface area contributed by atoms with Crippen LogP contribution in [0.15, 0.2) is 53.7 Å². The molecular weight excluding hydrogens is 326 g/mol. The van der Waals surface area contributed by atoms with Crippen molar-refractivity contribution in [1.29, 1.82) is 0 Å². The van der Waals surface area contributed by atoms with Crippen LogP contribution in [0.4, 0.5) is 0 Å². The minimum atomic E-state index is -0.912. The van der Waals surface area contributed by atoms with Crippen LogP contribution < -0.4 is 0 Å². The number of aliphatic carboxylic acids is 1. The maximum absolute atomic E-state index is 10.9. The minimum absolute atomic E-state index is 0.0976. The molecule has 122 valence electrons. The second-order valence-corrected chi connectivity index (χ2v) is 6.10. The minimum Gasteiger partial charge on any atom is -0.508 e. The number of benzene rings is 2. The predicted octanol–water partition coefficient (Wildman–Crippen LogP) is 3.13. The zero-order chi connectivity index (χ0) is 17.1. The highest BCUT2D eigenvalue weighted by Gasteiger charge is 2.18. The molecule has 0 aliphatic carbocycles. The van der Waals surface area contributed by atoms with Crippen molar-refractivity contribution in [3.63, 3.8) is 0 Å². The average Bonchev–Trinajstić information content (AvgIpc) is 2.98. The van der Waals surface area contributed by atoms with Crippen molar-refractivity contribution >= 4 is 17.7 Å². The van der Waals surface area contributed by atoms with Gasteiger partial charge < -0.3 is 10.2 Å². The molecule has 2 aromatic carbocycles. The van der Waals surface area contributed by atoms with Gasteiger partial charge in [-0.15, -0.1) is 10.2 Å². The van der Waals surface area contributed by atoms with E-state index in [1.807, 2.05) is 35.8 Å². The van der Waals surface area contributed by atoms with Gasteiger partial charge in [-0.05, 0) is 42.8 Å². The number of phenolic OH excluding ortho intramolecular Hbond substituents is 1. The van der Waals surface area contributed by atoms with Crippen molar-refractivity contribution in [3.05, 3.63) is 54.1 Å². The SMILES string of the molecule is Cc1ccccc1-n1c(SCC(=O)O)nnc1-c1ccc(O)cc1. The second-order valence-electron chi connectivity index (χ2n) is 5.16. The molecule has 1 aromatic heterocycles. The van der Waals surface area contributed by atoms with Crippen molar-refractivity contribution in [1.82, 2.24) is 14.8 Å². The van der Waals surface area contributed by atoms with Crippen LogP contribution in [0.3, 0.4) is 0 Å². The summed E-state index contributed by atoms with van der Waals surface area (Å²) in [7, 11) is 0. The number of para-hydroxylation sites is 1. The van der Waals surface area contributed by atoms with Crippen LogP contribution in [0.25, 0.3) is 17.1 Å². The fourth-order valence-electron chi connectivity index (χ4n) is 2.32. The Morgan fingerprint density at radius 3 is 2.50 bits per heavy atom. The molecule has 6 nitrogen and oxygen atoms in total. The number of carbonyl (C=O) groups is 1. The van der Waals surface area contributed by atoms with Gasteiger partial charge in [-0.1, -0.05) is 30.0 Å². The molecule has 1 heterocycles. The Kier molecular flexibility index (Phi) is 4.52. The molecular formula is C17H15N3O3S. The number of carboxylic acid groups (broad SMARTS) is 1. The topological polar surface area (TPSA) is 88.2 Å². The number of aromatic hydroxyl groups is 1. The Labute approximate surface area is 142 Å². The Hall–Kier alpha value is -2.80. The number of aromatic nitrogens is 3. The summed E-state index contributed by atoms with van der Waals surface area (Å²) in [6, 6.07) is 14.4. The monoisotopic (exact) mass is 341 g/mol. The number of hydrogen-bond acceptors (Lipinski definition) is 5. The summed E-state index contributed by atoms with van der Waals surface area (Å²) in [5.74, 6) is -0.247. The number of nitrogens with zero attached hydrogens (tertiary/aromatic N) is 3. The number of phenols is 1. The molecule has 0 fully saturated rings. The van der Waals surface area contributed by atoms with E-state index in [4.69, 9.17) is 5.11 Å². The van der Waals surface area contributed by atoms with Gasteiger partial charge in [-0.25, -0.2) is 0 Å². The molecule has 3 rings (SSSR count). The van der Waals surface area contributed by atoms with Gasteiger partial charge in [0.15, 0.2) is 11.0 Å². The van der Waals surface area contributed by atoms with Gasteiger partial charge in [-0.2, -0.15) is 0 Å². The highest BCUT2D eigenvalue weighted by Crippen LogP contribution is 2.30. The highest BCUT2D eigenvalue weighted by molar-refractivity contribution is 7.99. The summed E-state index contributed by atoms with van der Waals surface area (Å²) in [6.07, 6.45) is 0. The van der Waals surface area contributed by atoms with Crippen LogP contribution in [-0.2, 0) is 4.79 Å². The lowest BCUT2D eigenvalue weighted by Crippen LogP contribution is -2.04. The van der Waals surface area contributed by atoms with E-state index in [1.54, 1.807) is 24.3 Å². The van der Waals surface area contributed by atoms with Crippen molar-refractivity contribution in [2.75, 3.05) is 5.75 Å². The molecule has 0 atom stereocenters. The fourth-order valence-corrected chi connectivity index (χ4v) is 2.98. The van der Waals surface area contributed by atoms with E-state index in [-0.39, 0.29) is 11.5 Å². The second kappa shape index (κ2) is 6.76. The normalized spacial score (nSPS) is 10.7. The van der Waals surface area contributed by atoms with E-state index in [1.165, 1.54) is 0 Å². The molecule has 0 saturated carbocycles. The predicted molar refractivity (Wildman–Crippen MR) is 91.6 cm³/mol. The molecule has 0 aliphatic rings. The lowest BCUT2D eigenvalue weighted by molar-refractivity contribution is -0.133. The van der Waals surface area contributed by atoms with E-state index in [0.717, 1.165) is 28.6 Å². The third-order valence-corrected chi connectivity index (χ3v) is 4.35. The lowest BCUT2D eigenvalue weighted by Gasteiger charge is -2.12. The van der Waals surface area contributed by atoms with Crippen molar-refractivity contribution in [3.8, 4) is 22.8 Å². The summed E-state index contributed by atoms with van der Waals surface area (Å²) in [6.45, 7) is 1.97. The van der Waals surface area contributed by atoms with Crippen LogP contribution >= 0.6 is 11.8 Å². The third-order valence-electron chi connectivity index (χ3n) is 3.44. The van der Waals surface area contributed by atoms with Gasteiger partial charge >= 0.3 is 5.97 Å². The summed E-state index contributed by atoms with van der Waals surface area (Å²) < 4.78 is 1.84. The highest BCUT2D eigenvalue weighted by atomic mass is 32.2. The molecule has 0 radical (unpaired) electrons. The smallest absolute Gasteiger partial charge is 0.313 e. The summed E-state index contributed by atoms with van der Waals surface area (Å²) in [4.78, 5) is 10.9. The zero-order valence-corrected chi connectivity index (χ0v) is 13.7. The van der Waals surface area contributed by atoms with Crippen LogP contribution in [-0.4, -0.2) is 36.7 Å². The molecule has 0 bridgehead atoms. The van der Waals surface area contributed by atoms with Gasteiger partial charge in [0.25, 0.3) is 0 Å². The largest absolute Gasteiger partial charge is 0.508 e. The Morgan fingerprint density at radius 2 is 1.83 bits per heavy atom. The Morgan fingerprint density at radius 1 is 1.12 bits per heavy atom. The number of carboxylic acids is 1. The molecule has 24 heavy (non-hydrogen) atoms. The van der Waals surface area contributed by atoms with E-state index >= 15 is 0 Å². The maximum Gasteiger partial charge on any atom is 0.313 e. The first-order valence-electron chi connectivity index (χ1n) is 7.21. The van der Waals surface area contributed by atoms with Gasteiger partial charge in [-0.3, -0.25) is 9.36 Å². The molecule has 0 amide bonds. The quantitative estimate of drug-likeness (QED) is 0.693. The average molecular weight is 341 g/mol. The molecule has 7 heteroatoms. The Bertz CT molecular complexity index is 875. The maximum atomic E-state index is 10.9. The van der Waals surface area contributed by atoms with E-state index in [2.05, 4.69) is 10.2 Å². The van der Waals surface area contributed by atoms with E-state index in [9.17, 15) is 9.90 Å². The summed E-state index contributed by atoms with van der Waals surface area (Å²) in [5, 5.41) is 27.3. The standard InChI is InChI=1S/C17H15N3O3S/c1-11-4-2-3-5-14(11)20-16(12-6-8-13(21)9-7-12)18-19-17(20)24-10-15(22)23/h2-9,21H,10H2,1H3,(H,22,23). The first kappa shape index (κ1) is 16.1. The molecule has 0 aliphatic heterocycles. The first-order chi connectivity index (χ1) is 11.6. The van der Waals surface area contributed by atoms with E-state index < -0.39 is 5.97 Å². The summed E-state index contributed by atoms with van der Waals surface area (Å²) in [5.41, 5.74) is 2.69. The van der Waals surface area contributed by atoms with Crippen LogP contribution in [0, 0.1) is 6.92 Å². The van der Waals surface area contributed by atoms with Crippen LogP contribution in [0.5, 0.6) is 5.75 Å². The Balaban J connectivity index is 2.14. The van der Waals surface area contributed by atoms with Gasteiger partial charge in [0.05, 0.1) is 11.4 Å². The van der Waals surface area contributed by atoms with E-state index in [0.29, 0.717) is 11.0 Å². The van der Waals surface area contributed by atoms with Crippen molar-refractivity contribution in [2.45, 2.75) is 12.1 Å². The molecule has 2 N–H and O–H groups in total. The number of hydrogen-bond donors (Lipinski definition) is 2. The number of rotatable bonds is 5. The number of aryl methyl sites for hydroxylation is 1.